The Hall–Kier alpha value is -1.29. The fourth-order valence-electron chi connectivity index (χ4n) is 1.98. The van der Waals surface area contributed by atoms with Gasteiger partial charge in [0.1, 0.15) is 0 Å². The Morgan fingerprint density at radius 3 is 3.06 bits per heavy atom. The molecule has 2 heterocycles. The number of nitrogens with zero attached hydrogens (tertiary/aromatic N) is 1. The summed E-state index contributed by atoms with van der Waals surface area (Å²) in [6, 6.07) is 3.91. The monoisotopic (exact) mass is 221 g/mol. The van der Waals surface area contributed by atoms with E-state index in [2.05, 4.69) is 15.6 Å². The summed E-state index contributed by atoms with van der Waals surface area (Å²) in [5, 5.41) is 6.81. The van der Waals surface area contributed by atoms with Crippen molar-refractivity contribution in [3.8, 4) is 5.88 Å². The van der Waals surface area contributed by atoms with Gasteiger partial charge in [0.15, 0.2) is 0 Å². The Labute approximate surface area is 96.4 Å². The highest BCUT2D eigenvalue weighted by Crippen LogP contribution is 2.16. The fraction of sp³-hybridized carbons (Fsp3) is 0.583. The molecule has 1 saturated heterocycles. The molecule has 1 aromatic rings. The molecule has 88 valence electrons. The molecule has 4 heteroatoms. The van der Waals surface area contributed by atoms with Gasteiger partial charge in [0.05, 0.1) is 7.11 Å². The molecule has 4 nitrogen and oxygen atoms in total. The minimum atomic E-state index is 0.662. The summed E-state index contributed by atoms with van der Waals surface area (Å²) in [7, 11) is 1.64. The van der Waals surface area contributed by atoms with Crippen LogP contribution in [0.5, 0.6) is 5.88 Å². The Morgan fingerprint density at radius 1 is 1.50 bits per heavy atom. The summed E-state index contributed by atoms with van der Waals surface area (Å²) in [6.07, 6.45) is 4.29. The van der Waals surface area contributed by atoms with Crippen LogP contribution in [0.1, 0.15) is 12.8 Å². The maximum absolute atomic E-state index is 5.09. The maximum atomic E-state index is 5.09. The Morgan fingerprint density at radius 2 is 2.31 bits per heavy atom. The van der Waals surface area contributed by atoms with Gasteiger partial charge in [0.25, 0.3) is 0 Å². The number of methoxy groups -OCH3 is 1. The van der Waals surface area contributed by atoms with Crippen LogP contribution in [0.3, 0.4) is 0 Å². The second kappa shape index (κ2) is 5.70. The highest BCUT2D eigenvalue weighted by Gasteiger charge is 2.12. The largest absolute Gasteiger partial charge is 0.481 e. The van der Waals surface area contributed by atoms with Crippen molar-refractivity contribution in [2.24, 2.45) is 5.92 Å². The van der Waals surface area contributed by atoms with Gasteiger partial charge < -0.3 is 15.4 Å². The number of hydrogen-bond donors (Lipinski definition) is 2. The third-order valence-corrected chi connectivity index (χ3v) is 3.00. The molecule has 0 atom stereocenters. The van der Waals surface area contributed by atoms with Crippen LogP contribution in [0.15, 0.2) is 18.3 Å². The van der Waals surface area contributed by atoms with Crippen LogP contribution in [0.4, 0.5) is 5.69 Å². The van der Waals surface area contributed by atoms with Gasteiger partial charge in [-0.2, -0.15) is 0 Å². The van der Waals surface area contributed by atoms with E-state index in [0.717, 1.165) is 31.2 Å². The average molecular weight is 221 g/mol. The summed E-state index contributed by atoms with van der Waals surface area (Å²) < 4.78 is 5.09. The second-order valence-electron chi connectivity index (χ2n) is 4.16. The van der Waals surface area contributed by atoms with Gasteiger partial charge in [-0.05, 0) is 37.9 Å². The number of nitrogens with one attached hydrogen (secondary N) is 2. The zero-order valence-electron chi connectivity index (χ0n) is 9.70. The molecule has 0 radical (unpaired) electrons. The lowest BCUT2D eigenvalue weighted by molar-refractivity contribution is 0.389. The third kappa shape index (κ3) is 3.10. The number of rotatable bonds is 4. The van der Waals surface area contributed by atoms with Crippen LogP contribution in [0, 0.1) is 5.92 Å². The van der Waals surface area contributed by atoms with Crippen molar-refractivity contribution in [2.45, 2.75) is 12.8 Å². The number of aromatic nitrogens is 1. The Kier molecular flexibility index (Phi) is 3.99. The van der Waals surface area contributed by atoms with E-state index in [1.54, 1.807) is 13.3 Å². The van der Waals surface area contributed by atoms with Crippen molar-refractivity contribution in [2.75, 3.05) is 32.1 Å². The van der Waals surface area contributed by atoms with E-state index in [4.69, 9.17) is 4.74 Å². The molecule has 0 aromatic carbocycles. The zero-order chi connectivity index (χ0) is 11.2. The molecule has 2 rings (SSSR count). The highest BCUT2D eigenvalue weighted by molar-refractivity contribution is 5.44. The van der Waals surface area contributed by atoms with E-state index in [-0.39, 0.29) is 0 Å². The minimum Gasteiger partial charge on any atom is -0.481 e. The van der Waals surface area contributed by atoms with Crippen molar-refractivity contribution in [3.05, 3.63) is 18.3 Å². The minimum absolute atomic E-state index is 0.662. The van der Waals surface area contributed by atoms with E-state index in [9.17, 15) is 0 Å². The zero-order valence-corrected chi connectivity index (χ0v) is 9.70. The van der Waals surface area contributed by atoms with Crippen LogP contribution >= 0.6 is 0 Å². The fourth-order valence-corrected chi connectivity index (χ4v) is 1.98. The molecule has 0 amide bonds. The normalized spacial score (nSPS) is 17.1. The molecule has 2 N–H and O–H groups in total. The number of pyridine rings is 1. The molecule has 0 saturated carbocycles. The molecule has 0 spiro atoms. The van der Waals surface area contributed by atoms with Gasteiger partial charge in [0.2, 0.25) is 5.88 Å². The molecule has 0 aliphatic carbocycles. The molecule has 1 fully saturated rings. The SMILES string of the molecule is COc1cc(NCC2CCNCC2)ccn1. The Bertz CT molecular complexity index is 324. The van der Waals surface area contributed by atoms with Crippen LogP contribution in [0.2, 0.25) is 0 Å². The summed E-state index contributed by atoms with van der Waals surface area (Å²) in [6.45, 7) is 3.33. The average Bonchev–Trinajstić information content (AvgIpc) is 2.38. The molecule has 0 bridgehead atoms. The van der Waals surface area contributed by atoms with Gasteiger partial charge in [-0.3, -0.25) is 0 Å². The standard InChI is InChI=1S/C12H19N3O/c1-16-12-8-11(4-7-14-12)15-9-10-2-5-13-6-3-10/h4,7-8,10,13H,2-3,5-6,9H2,1H3,(H,14,15). The first-order valence-corrected chi connectivity index (χ1v) is 5.83. The lowest BCUT2D eigenvalue weighted by Gasteiger charge is -2.23. The van der Waals surface area contributed by atoms with E-state index in [0.29, 0.717) is 5.88 Å². The topological polar surface area (TPSA) is 46.2 Å². The van der Waals surface area contributed by atoms with E-state index >= 15 is 0 Å². The number of ether oxygens (including phenoxy) is 1. The van der Waals surface area contributed by atoms with Gasteiger partial charge in [-0.25, -0.2) is 4.98 Å². The molecule has 16 heavy (non-hydrogen) atoms. The van der Waals surface area contributed by atoms with Crippen LogP contribution in [0.25, 0.3) is 0 Å². The van der Waals surface area contributed by atoms with Crippen molar-refractivity contribution in [1.29, 1.82) is 0 Å². The van der Waals surface area contributed by atoms with Gasteiger partial charge in [-0.1, -0.05) is 0 Å². The van der Waals surface area contributed by atoms with E-state index in [1.165, 1.54) is 12.8 Å². The number of anilines is 1. The van der Waals surface area contributed by atoms with Gasteiger partial charge in [0, 0.05) is 24.5 Å². The Balaban J connectivity index is 1.83. The smallest absolute Gasteiger partial charge is 0.214 e. The summed E-state index contributed by atoms with van der Waals surface area (Å²) in [4.78, 5) is 4.08. The molecule has 1 aliphatic rings. The van der Waals surface area contributed by atoms with Crippen molar-refractivity contribution in [1.82, 2.24) is 10.3 Å². The lowest BCUT2D eigenvalue weighted by atomic mass is 9.98. The van der Waals surface area contributed by atoms with Crippen LogP contribution < -0.4 is 15.4 Å². The second-order valence-corrected chi connectivity index (χ2v) is 4.16. The molecule has 1 aromatic heterocycles. The summed E-state index contributed by atoms with van der Waals surface area (Å²) in [5.41, 5.74) is 1.09. The predicted octanol–water partition coefficient (Wildman–Crippen LogP) is 1.50. The molecule has 0 unspecified atom stereocenters. The quantitative estimate of drug-likeness (QED) is 0.809. The van der Waals surface area contributed by atoms with Crippen molar-refractivity contribution < 1.29 is 4.74 Å². The molecular formula is C12H19N3O. The van der Waals surface area contributed by atoms with E-state index < -0.39 is 0 Å². The highest BCUT2D eigenvalue weighted by atomic mass is 16.5. The van der Waals surface area contributed by atoms with Gasteiger partial charge in [-0.15, -0.1) is 0 Å². The first kappa shape index (κ1) is 11.2. The number of piperidine rings is 1. The van der Waals surface area contributed by atoms with Crippen LogP contribution in [-0.2, 0) is 0 Å². The van der Waals surface area contributed by atoms with Crippen molar-refractivity contribution in [3.63, 3.8) is 0 Å². The van der Waals surface area contributed by atoms with E-state index in [1.807, 2.05) is 12.1 Å². The lowest BCUT2D eigenvalue weighted by Crippen LogP contribution is -2.31. The first-order valence-electron chi connectivity index (χ1n) is 5.83. The van der Waals surface area contributed by atoms with Gasteiger partial charge >= 0.3 is 0 Å². The molecule has 1 aliphatic heterocycles. The first-order chi connectivity index (χ1) is 7.88. The van der Waals surface area contributed by atoms with Crippen molar-refractivity contribution >= 4 is 5.69 Å². The van der Waals surface area contributed by atoms with Crippen LogP contribution in [-0.4, -0.2) is 31.7 Å². The molecular weight excluding hydrogens is 202 g/mol. The summed E-state index contributed by atoms with van der Waals surface area (Å²) in [5.74, 6) is 1.44. The number of hydrogen-bond acceptors (Lipinski definition) is 4. The maximum Gasteiger partial charge on any atom is 0.214 e. The third-order valence-electron chi connectivity index (χ3n) is 3.00. The summed E-state index contributed by atoms with van der Waals surface area (Å²) >= 11 is 0. The predicted molar refractivity (Wildman–Crippen MR) is 64.9 cm³/mol.